The Kier molecular flexibility index (Phi) is 3.47. The van der Waals surface area contributed by atoms with Gasteiger partial charge in [-0.05, 0) is 25.0 Å². The standard InChI is InChI=1S/C15H17ClN2O/c1-19-14-4-2-3-13-12(14)5-8-17-15(13)18-9-6-11(16)7-10-18/h2-5,8,11H,6-7,9-10H2,1H3. The molecule has 0 unspecified atom stereocenters. The van der Waals surface area contributed by atoms with Crippen LogP contribution in [0.4, 0.5) is 5.82 Å². The number of hydrogen-bond donors (Lipinski definition) is 0. The fraction of sp³-hybridized carbons (Fsp3) is 0.400. The minimum Gasteiger partial charge on any atom is -0.496 e. The van der Waals surface area contributed by atoms with Gasteiger partial charge in [-0.3, -0.25) is 0 Å². The van der Waals surface area contributed by atoms with E-state index in [1.54, 1.807) is 7.11 Å². The molecule has 0 bridgehead atoms. The highest BCUT2D eigenvalue weighted by Gasteiger charge is 2.20. The van der Waals surface area contributed by atoms with E-state index in [2.05, 4.69) is 16.0 Å². The second kappa shape index (κ2) is 5.25. The first-order valence-electron chi connectivity index (χ1n) is 6.60. The number of rotatable bonds is 2. The summed E-state index contributed by atoms with van der Waals surface area (Å²) in [5.74, 6) is 1.94. The summed E-state index contributed by atoms with van der Waals surface area (Å²) in [6, 6.07) is 8.11. The van der Waals surface area contributed by atoms with Crippen molar-refractivity contribution in [3.8, 4) is 5.75 Å². The van der Waals surface area contributed by atoms with Crippen molar-refractivity contribution in [2.75, 3.05) is 25.1 Å². The maximum absolute atomic E-state index is 6.17. The number of piperidine rings is 1. The molecule has 3 rings (SSSR count). The van der Waals surface area contributed by atoms with E-state index in [0.29, 0.717) is 5.38 Å². The van der Waals surface area contributed by atoms with Crippen molar-refractivity contribution in [1.82, 2.24) is 4.98 Å². The van der Waals surface area contributed by atoms with E-state index in [0.717, 1.165) is 48.3 Å². The number of hydrogen-bond acceptors (Lipinski definition) is 3. The zero-order valence-electron chi connectivity index (χ0n) is 11.0. The molecule has 0 amide bonds. The van der Waals surface area contributed by atoms with Crippen LogP contribution in [0.15, 0.2) is 30.5 Å². The molecule has 100 valence electrons. The summed E-state index contributed by atoms with van der Waals surface area (Å²) in [4.78, 5) is 6.88. The van der Waals surface area contributed by atoms with Crippen molar-refractivity contribution in [3.05, 3.63) is 30.5 Å². The number of ether oxygens (including phenoxy) is 1. The van der Waals surface area contributed by atoms with Gasteiger partial charge < -0.3 is 9.64 Å². The number of pyridine rings is 1. The zero-order chi connectivity index (χ0) is 13.2. The highest BCUT2D eigenvalue weighted by molar-refractivity contribution is 6.20. The van der Waals surface area contributed by atoms with Crippen LogP contribution in [0.5, 0.6) is 5.75 Å². The number of halogens is 1. The summed E-state index contributed by atoms with van der Waals surface area (Å²) in [6.45, 7) is 1.94. The predicted octanol–water partition coefficient (Wildman–Crippen LogP) is 3.45. The van der Waals surface area contributed by atoms with Crippen molar-refractivity contribution in [2.24, 2.45) is 0 Å². The van der Waals surface area contributed by atoms with Gasteiger partial charge in [-0.15, -0.1) is 11.6 Å². The summed E-state index contributed by atoms with van der Waals surface area (Å²) in [6.07, 6.45) is 3.89. The molecule has 19 heavy (non-hydrogen) atoms. The van der Waals surface area contributed by atoms with Crippen LogP contribution in [0.1, 0.15) is 12.8 Å². The smallest absolute Gasteiger partial charge is 0.136 e. The van der Waals surface area contributed by atoms with E-state index in [9.17, 15) is 0 Å². The van der Waals surface area contributed by atoms with E-state index in [-0.39, 0.29) is 0 Å². The molecular weight excluding hydrogens is 260 g/mol. The molecular formula is C15H17ClN2O. The number of nitrogens with zero attached hydrogens (tertiary/aromatic N) is 2. The Morgan fingerprint density at radius 1 is 1.21 bits per heavy atom. The number of anilines is 1. The second-order valence-corrected chi connectivity index (χ2v) is 5.47. The molecule has 0 spiro atoms. The largest absolute Gasteiger partial charge is 0.496 e. The number of alkyl halides is 1. The number of fused-ring (bicyclic) bond motifs is 1. The highest BCUT2D eigenvalue weighted by atomic mass is 35.5. The van der Waals surface area contributed by atoms with Gasteiger partial charge in [0, 0.05) is 35.4 Å². The van der Waals surface area contributed by atoms with E-state index in [4.69, 9.17) is 16.3 Å². The Hall–Kier alpha value is -1.48. The van der Waals surface area contributed by atoms with Gasteiger partial charge in [-0.1, -0.05) is 12.1 Å². The Morgan fingerprint density at radius 2 is 2.00 bits per heavy atom. The third-order valence-corrected chi connectivity index (χ3v) is 4.13. The van der Waals surface area contributed by atoms with Crippen LogP contribution in [0.3, 0.4) is 0 Å². The van der Waals surface area contributed by atoms with Gasteiger partial charge in [-0.2, -0.15) is 0 Å². The van der Waals surface area contributed by atoms with Crippen LogP contribution >= 0.6 is 11.6 Å². The molecule has 1 aliphatic heterocycles. The molecule has 0 aliphatic carbocycles. The van der Waals surface area contributed by atoms with E-state index in [1.165, 1.54) is 0 Å². The van der Waals surface area contributed by atoms with Crippen molar-refractivity contribution in [3.63, 3.8) is 0 Å². The van der Waals surface area contributed by atoms with Crippen molar-refractivity contribution < 1.29 is 4.74 Å². The van der Waals surface area contributed by atoms with Gasteiger partial charge in [0.05, 0.1) is 7.11 Å². The highest BCUT2D eigenvalue weighted by Crippen LogP contribution is 2.32. The lowest BCUT2D eigenvalue weighted by atomic mass is 10.1. The first-order valence-corrected chi connectivity index (χ1v) is 7.04. The Labute approximate surface area is 118 Å². The fourth-order valence-electron chi connectivity index (χ4n) is 2.65. The van der Waals surface area contributed by atoms with Crippen LogP contribution in [-0.4, -0.2) is 30.6 Å². The molecule has 1 aromatic carbocycles. The lowest BCUT2D eigenvalue weighted by molar-refractivity contribution is 0.420. The minimum atomic E-state index is 0.306. The second-order valence-electron chi connectivity index (χ2n) is 4.85. The average molecular weight is 277 g/mol. The molecule has 1 aromatic heterocycles. The molecule has 2 heterocycles. The van der Waals surface area contributed by atoms with Crippen molar-refractivity contribution >= 4 is 28.2 Å². The Bertz CT molecular complexity index is 579. The van der Waals surface area contributed by atoms with Crippen LogP contribution in [-0.2, 0) is 0 Å². The maximum Gasteiger partial charge on any atom is 0.136 e. The summed E-state index contributed by atoms with van der Waals surface area (Å²) < 4.78 is 5.42. The predicted molar refractivity (Wildman–Crippen MR) is 79.4 cm³/mol. The minimum absolute atomic E-state index is 0.306. The molecule has 0 saturated carbocycles. The van der Waals surface area contributed by atoms with Gasteiger partial charge in [-0.25, -0.2) is 4.98 Å². The average Bonchev–Trinajstić information content (AvgIpc) is 2.47. The molecule has 3 nitrogen and oxygen atoms in total. The quantitative estimate of drug-likeness (QED) is 0.786. The molecule has 1 fully saturated rings. The van der Waals surface area contributed by atoms with Gasteiger partial charge in [0.15, 0.2) is 0 Å². The third kappa shape index (κ3) is 2.35. The third-order valence-electron chi connectivity index (χ3n) is 3.69. The summed E-state index contributed by atoms with van der Waals surface area (Å²) in [5, 5.41) is 2.57. The molecule has 4 heteroatoms. The normalized spacial score (nSPS) is 16.8. The Morgan fingerprint density at radius 3 is 2.74 bits per heavy atom. The van der Waals surface area contributed by atoms with E-state index in [1.807, 2.05) is 24.4 Å². The Balaban J connectivity index is 2.04. The van der Waals surface area contributed by atoms with Crippen molar-refractivity contribution in [2.45, 2.75) is 18.2 Å². The van der Waals surface area contributed by atoms with Gasteiger partial charge >= 0.3 is 0 Å². The summed E-state index contributed by atoms with van der Waals surface area (Å²) in [5.41, 5.74) is 0. The fourth-order valence-corrected chi connectivity index (χ4v) is 2.85. The topological polar surface area (TPSA) is 25.4 Å². The number of benzene rings is 1. The van der Waals surface area contributed by atoms with Crippen LogP contribution in [0, 0.1) is 0 Å². The SMILES string of the molecule is COc1cccc2c(N3CCC(Cl)CC3)nccc12. The van der Waals surface area contributed by atoms with E-state index < -0.39 is 0 Å². The lowest BCUT2D eigenvalue weighted by Gasteiger charge is -2.31. The molecule has 0 N–H and O–H groups in total. The first-order chi connectivity index (χ1) is 9.29. The molecule has 0 atom stereocenters. The zero-order valence-corrected chi connectivity index (χ0v) is 11.7. The summed E-state index contributed by atoms with van der Waals surface area (Å²) in [7, 11) is 1.70. The lowest BCUT2D eigenvalue weighted by Crippen LogP contribution is -2.34. The van der Waals surface area contributed by atoms with Crippen LogP contribution < -0.4 is 9.64 Å². The summed E-state index contributed by atoms with van der Waals surface area (Å²) >= 11 is 6.17. The van der Waals surface area contributed by atoms with Crippen molar-refractivity contribution in [1.29, 1.82) is 0 Å². The van der Waals surface area contributed by atoms with Gasteiger partial charge in [0.1, 0.15) is 11.6 Å². The first kappa shape index (κ1) is 12.5. The molecule has 1 aliphatic rings. The van der Waals surface area contributed by atoms with E-state index >= 15 is 0 Å². The molecule has 2 aromatic rings. The molecule has 1 saturated heterocycles. The molecule has 0 radical (unpaired) electrons. The van der Waals surface area contributed by atoms with Gasteiger partial charge in [0.25, 0.3) is 0 Å². The monoisotopic (exact) mass is 276 g/mol. The number of aromatic nitrogens is 1. The van der Waals surface area contributed by atoms with Crippen LogP contribution in [0.25, 0.3) is 10.8 Å². The number of methoxy groups -OCH3 is 1. The van der Waals surface area contributed by atoms with Gasteiger partial charge in [0.2, 0.25) is 0 Å². The van der Waals surface area contributed by atoms with Crippen LogP contribution in [0.2, 0.25) is 0 Å². The maximum atomic E-state index is 6.17.